The van der Waals surface area contributed by atoms with E-state index in [1.165, 1.54) is 0 Å². The van der Waals surface area contributed by atoms with Crippen molar-refractivity contribution < 1.29 is 14.2 Å². The molecule has 0 amide bonds. The van der Waals surface area contributed by atoms with Crippen molar-refractivity contribution in [2.75, 3.05) is 26.6 Å². The summed E-state index contributed by atoms with van der Waals surface area (Å²) in [6.45, 7) is 3.92. The smallest absolute Gasteiger partial charge is 0.243 e. The molecular formula is C22H28N4O3. The Hall–Kier alpha value is -3.35. The summed E-state index contributed by atoms with van der Waals surface area (Å²) in [6, 6.07) is 13.8. The van der Waals surface area contributed by atoms with Gasteiger partial charge in [-0.15, -0.1) is 10.2 Å². The molecule has 29 heavy (non-hydrogen) atoms. The van der Waals surface area contributed by atoms with Crippen molar-refractivity contribution in [3.8, 4) is 28.5 Å². The summed E-state index contributed by atoms with van der Waals surface area (Å²) in [7, 11) is 4.74. The molecule has 0 spiro atoms. The highest BCUT2D eigenvalue weighted by atomic mass is 16.5. The molecule has 1 aromatic heterocycles. The molecule has 0 saturated heterocycles. The van der Waals surface area contributed by atoms with Crippen LogP contribution in [0.3, 0.4) is 0 Å². The van der Waals surface area contributed by atoms with Crippen molar-refractivity contribution >= 4 is 5.95 Å². The molecule has 2 aromatic carbocycles. The summed E-state index contributed by atoms with van der Waals surface area (Å²) in [5.41, 5.74) is 3.34. The minimum absolute atomic E-state index is 0. The van der Waals surface area contributed by atoms with Crippen LogP contribution in [0, 0.1) is 6.92 Å². The van der Waals surface area contributed by atoms with Crippen molar-refractivity contribution in [3.63, 3.8) is 0 Å². The van der Waals surface area contributed by atoms with Crippen LogP contribution in [0.1, 0.15) is 31.6 Å². The molecule has 154 valence electrons. The van der Waals surface area contributed by atoms with Gasteiger partial charge in [-0.2, -0.15) is 0 Å². The second-order valence-electron chi connectivity index (χ2n) is 6.26. The van der Waals surface area contributed by atoms with E-state index in [-0.39, 0.29) is 13.5 Å². The third-order valence-corrected chi connectivity index (χ3v) is 4.44. The number of aryl methyl sites for hydroxylation is 1. The summed E-state index contributed by atoms with van der Waals surface area (Å²) >= 11 is 0. The summed E-state index contributed by atoms with van der Waals surface area (Å²) in [5, 5.41) is 11.8. The minimum Gasteiger partial charge on any atom is -0.493 e. The van der Waals surface area contributed by atoms with Crippen molar-refractivity contribution in [2.24, 2.45) is 0 Å². The number of anilines is 1. The molecule has 0 saturated carbocycles. The van der Waals surface area contributed by atoms with Gasteiger partial charge in [0.15, 0.2) is 11.5 Å². The van der Waals surface area contributed by atoms with Gasteiger partial charge in [0, 0.05) is 5.56 Å². The lowest BCUT2D eigenvalue weighted by molar-refractivity contribution is 0.324. The molecule has 3 aromatic rings. The first-order valence-electron chi connectivity index (χ1n) is 8.90. The Morgan fingerprint density at radius 1 is 0.897 bits per heavy atom. The number of rotatable bonds is 7. The zero-order chi connectivity index (χ0) is 20.1. The molecule has 0 bridgehead atoms. The summed E-state index contributed by atoms with van der Waals surface area (Å²) in [4.78, 5) is 4.68. The maximum absolute atomic E-state index is 5.45. The molecule has 0 aliphatic heterocycles. The molecule has 7 nitrogen and oxygen atoms in total. The van der Waals surface area contributed by atoms with E-state index in [2.05, 4.69) is 39.6 Å². The van der Waals surface area contributed by atoms with Gasteiger partial charge in [-0.25, -0.2) is 4.98 Å². The second-order valence-corrected chi connectivity index (χ2v) is 6.26. The molecule has 1 heterocycles. The number of ether oxygens (including phenoxy) is 3. The lowest BCUT2D eigenvalue weighted by atomic mass is 10.1. The fraction of sp³-hybridized carbons (Fsp3) is 0.318. The molecule has 0 aliphatic rings. The van der Waals surface area contributed by atoms with Gasteiger partial charge in [-0.05, 0) is 31.5 Å². The third-order valence-electron chi connectivity index (χ3n) is 4.44. The Balaban J connectivity index is 0.00000300. The zero-order valence-electron chi connectivity index (χ0n) is 16.7. The van der Waals surface area contributed by atoms with Crippen molar-refractivity contribution in [2.45, 2.75) is 27.3 Å². The largest absolute Gasteiger partial charge is 0.493 e. The van der Waals surface area contributed by atoms with Gasteiger partial charge < -0.3 is 19.5 Å². The van der Waals surface area contributed by atoms with E-state index in [0.29, 0.717) is 34.6 Å². The zero-order valence-corrected chi connectivity index (χ0v) is 16.7. The highest BCUT2D eigenvalue weighted by Gasteiger charge is 2.17. The molecule has 1 atom stereocenters. The average Bonchev–Trinajstić information content (AvgIpc) is 2.74. The molecule has 3 rings (SSSR count). The first-order chi connectivity index (χ1) is 13.6. The van der Waals surface area contributed by atoms with E-state index < -0.39 is 0 Å². The monoisotopic (exact) mass is 396 g/mol. The number of nitrogens with one attached hydrogen (secondary N) is 1. The number of benzene rings is 2. The quantitative estimate of drug-likeness (QED) is 0.621. The highest BCUT2D eigenvalue weighted by Crippen LogP contribution is 2.41. The van der Waals surface area contributed by atoms with E-state index >= 15 is 0 Å². The fourth-order valence-electron chi connectivity index (χ4n) is 2.95. The first kappa shape index (κ1) is 21.9. The molecule has 0 fully saturated rings. The number of hydrogen-bond acceptors (Lipinski definition) is 7. The van der Waals surface area contributed by atoms with E-state index in [9.17, 15) is 0 Å². The fourth-order valence-corrected chi connectivity index (χ4v) is 2.95. The van der Waals surface area contributed by atoms with E-state index in [0.717, 1.165) is 11.1 Å². The summed E-state index contributed by atoms with van der Waals surface area (Å²) in [6.07, 6.45) is 0. The molecule has 0 unspecified atom stereocenters. The van der Waals surface area contributed by atoms with Crippen molar-refractivity contribution in [1.29, 1.82) is 0 Å². The topological polar surface area (TPSA) is 78.4 Å². The highest BCUT2D eigenvalue weighted by molar-refractivity contribution is 5.70. The minimum atomic E-state index is 0. The van der Waals surface area contributed by atoms with Gasteiger partial charge in [0.1, 0.15) is 0 Å². The standard InChI is InChI=1S/C21H24N4O3.CH4/c1-13(15-9-7-6-8-10-15)22-21-23-19(14(2)24-25-21)16-11-17(26-3)20(28-5)18(12-16)27-4;/h6-13H,1-5H3,(H,22,23,25);1H4/t13-;/m1./s1. The van der Waals surface area contributed by atoms with Crippen LogP contribution in [0.4, 0.5) is 5.95 Å². The van der Waals surface area contributed by atoms with Crippen LogP contribution in [0.5, 0.6) is 17.2 Å². The van der Waals surface area contributed by atoms with Gasteiger partial charge in [-0.1, -0.05) is 37.8 Å². The lowest BCUT2D eigenvalue weighted by Gasteiger charge is -2.16. The SMILES string of the molecule is C.COc1cc(-c2nc(N[C@H](C)c3ccccc3)nnc2C)cc(OC)c1OC. The Kier molecular flexibility index (Phi) is 7.36. The molecule has 1 N–H and O–H groups in total. The van der Waals surface area contributed by atoms with Crippen LogP contribution >= 0.6 is 0 Å². The summed E-state index contributed by atoms with van der Waals surface area (Å²) < 4.78 is 16.3. The predicted octanol–water partition coefficient (Wildman–Crippen LogP) is 4.68. The molecular weight excluding hydrogens is 368 g/mol. The third kappa shape index (κ3) is 4.74. The lowest BCUT2D eigenvalue weighted by Crippen LogP contribution is -2.11. The number of nitrogens with zero attached hydrogens (tertiary/aromatic N) is 3. The van der Waals surface area contributed by atoms with Crippen LogP contribution in [0.2, 0.25) is 0 Å². The van der Waals surface area contributed by atoms with Crippen LogP contribution in [-0.2, 0) is 0 Å². The maximum atomic E-state index is 5.45. The Bertz CT molecular complexity index is 923. The van der Waals surface area contributed by atoms with Crippen molar-refractivity contribution in [1.82, 2.24) is 15.2 Å². The Morgan fingerprint density at radius 3 is 2.07 bits per heavy atom. The average molecular weight is 396 g/mol. The van der Waals surface area contributed by atoms with Gasteiger partial charge >= 0.3 is 0 Å². The normalized spacial score (nSPS) is 11.2. The van der Waals surface area contributed by atoms with Gasteiger partial charge in [-0.3, -0.25) is 0 Å². The molecule has 0 aliphatic carbocycles. The predicted molar refractivity (Wildman–Crippen MR) is 115 cm³/mol. The molecule has 7 heteroatoms. The summed E-state index contributed by atoms with van der Waals surface area (Å²) in [5.74, 6) is 2.10. The van der Waals surface area contributed by atoms with Crippen LogP contribution in [0.25, 0.3) is 11.3 Å². The maximum Gasteiger partial charge on any atom is 0.243 e. The van der Waals surface area contributed by atoms with Crippen LogP contribution in [-0.4, -0.2) is 36.5 Å². The second kappa shape index (κ2) is 9.73. The number of hydrogen-bond donors (Lipinski definition) is 1. The van der Waals surface area contributed by atoms with Crippen LogP contribution in [0.15, 0.2) is 42.5 Å². The van der Waals surface area contributed by atoms with Gasteiger partial charge in [0.2, 0.25) is 11.7 Å². The Labute approximate surface area is 172 Å². The first-order valence-corrected chi connectivity index (χ1v) is 8.90. The van der Waals surface area contributed by atoms with Crippen LogP contribution < -0.4 is 19.5 Å². The number of aromatic nitrogens is 3. The van der Waals surface area contributed by atoms with Crippen molar-refractivity contribution in [3.05, 3.63) is 53.7 Å². The van der Waals surface area contributed by atoms with E-state index in [1.54, 1.807) is 21.3 Å². The van der Waals surface area contributed by atoms with E-state index in [1.807, 2.05) is 37.3 Å². The Morgan fingerprint density at radius 2 is 1.52 bits per heavy atom. The van der Waals surface area contributed by atoms with E-state index in [4.69, 9.17) is 14.2 Å². The van der Waals surface area contributed by atoms with Gasteiger partial charge in [0.25, 0.3) is 0 Å². The number of methoxy groups -OCH3 is 3. The van der Waals surface area contributed by atoms with Gasteiger partial charge in [0.05, 0.1) is 38.8 Å². The molecule has 0 radical (unpaired) electrons.